The number of hydrogen-bond donors (Lipinski definition) is 1. The number of carbonyl (C=O) groups excluding carboxylic acids is 2. The Kier molecular flexibility index (Phi) is 6.31. The van der Waals surface area contributed by atoms with E-state index in [1.807, 2.05) is 30.3 Å². The maximum absolute atomic E-state index is 13.6. The normalized spacial score (nSPS) is 11.6. The molecule has 0 saturated heterocycles. The zero-order chi connectivity index (χ0) is 23.4. The monoisotopic (exact) mass is 445 g/mol. The molecule has 1 atom stereocenters. The third kappa shape index (κ3) is 4.25. The predicted octanol–water partition coefficient (Wildman–Crippen LogP) is 4.97. The van der Waals surface area contributed by atoms with Crippen LogP contribution in [0, 0.1) is 0 Å². The molecule has 7 nitrogen and oxygen atoms in total. The van der Waals surface area contributed by atoms with Crippen molar-refractivity contribution >= 4 is 22.7 Å². The van der Waals surface area contributed by atoms with Crippen molar-refractivity contribution in [1.29, 1.82) is 0 Å². The molecule has 0 spiro atoms. The van der Waals surface area contributed by atoms with Gasteiger partial charge in [0.05, 0.1) is 26.9 Å². The van der Waals surface area contributed by atoms with E-state index in [9.17, 15) is 9.59 Å². The van der Waals surface area contributed by atoms with E-state index >= 15 is 0 Å². The fourth-order valence-corrected chi connectivity index (χ4v) is 3.69. The van der Waals surface area contributed by atoms with Crippen LogP contribution >= 0.6 is 0 Å². The molecule has 0 fully saturated rings. The van der Waals surface area contributed by atoms with Gasteiger partial charge in [-0.05, 0) is 18.2 Å². The van der Waals surface area contributed by atoms with Gasteiger partial charge in [0, 0.05) is 28.2 Å². The summed E-state index contributed by atoms with van der Waals surface area (Å²) in [5, 5.41) is 0.757. The molecule has 1 aromatic heterocycles. The Hall–Kier alpha value is -4.26. The van der Waals surface area contributed by atoms with E-state index in [2.05, 4.69) is 4.98 Å². The van der Waals surface area contributed by atoms with Gasteiger partial charge in [-0.3, -0.25) is 4.79 Å². The molecule has 168 valence electrons. The second-order valence-corrected chi connectivity index (χ2v) is 7.22. The van der Waals surface area contributed by atoms with Gasteiger partial charge in [-0.2, -0.15) is 0 Å². The van der Waals surface area contributed by atoms with Gasteiger partial charge < -0.3 is 23.9 Å². The van der Waals surface area contributed by atoms with E-state index in [-0.39, 0.29) is 11.3 Å². The van der Waals surface area contributed by atoms with Gasteiger partial charge in [-0.25, -0.2) is 4.79 Å². The first-order chi connectivity index (χ1) is 16.1. The molecule has 0 aliphatic heterocycles. The molecule has 0 amide bonds. The Bertz CT molecular complexity index is 1270. The minimum Gasteiger partial charge on any atom is -0.493 e. The maximum atomic E-state index is 13.6. The zero-order valence-electron chi connectivity index (χ0n) is 18.5. The number of Topliss-reactive ketones (excluding diaryl/α,β-unsaturated/α-hetero) is 1. The van der Waals surface area contributed by atoms with Gasteiger partial charge in [-0.1, -0.05) is 48.5 Å². The minimum absolute atomic E-state index is 0.164. The number of methoxy groups -OCH3 is 3. The van der Waals surface area contributed by atoms with Crippen LogP contribution in [0.15, 0.2) is 72.9 Å². The number of esters is 1. The number of H-pyrrole nitrogens is 1. The Morgan fingerprint density at radius 2 is 1.45 bits per heavy atom. The predicted molar refractivity (Wildman–Crippen MR) is 123 cm³/mol. The van der Waals surface area contributed by atoms with Gasteiger partial charge in [0.15, 0.2) is 17.6 Å². The summed E-state index contributed by atoms with van der Waals surface area (Å²) in [5.74, 6) is -0.0622. The molecule has 33 heavy (non-hydrogen) atoms. The standard InChI is InChI=1S/C26H23NO6/c1-30-21-13-17(14-22(31-2)25(21)32-3)26(29)33-24(16-9-5-4-6-10-16)23(28)19-15-27-20-12-8-7-11-18(19)20/h4-15,24,27H,1-3H3/t24-/m1/s1. The lowest BCUT2D eigenvalue weighted by atomic mass is 9.99. The summed E-state index contributed by atoms with van der Waals surface area (Å²) in [6, 6.07) is 19.4. The molecule has 0 aliphatic rings. The second kappa shape index (κ2) is 9.48. The molecule has 1 heterocycles. The van der Waals surface area contributed by atoms with E-state index in [1.165, 1.54) is 33.5 Å². The van der Waals surface area contributed by atoms with E-state index in [0.29, 0.717) is 28.4 Å². The first-order valence-corrected chi connectivity index (χ1v) is 10.2. The number of aromatic nitrogens is 1. The van der Waals surface area contributed by atoms with Crippen LogP contribution in [0.25, 0.3) is 10.9 Å². The molecule has 4 aromatic rings. The molecule has 0 bridgehead atoms. The number of hydrogen-bond acceptors (Lipinski definition) is 6. The molecule has 1 N–H and O–H groups in total. The smallest absolute Gasteiger partial charge is 0.339 e. The largest absolute Gasteiger partial charge is 0.493 e. The summed E-state index contributed by atoms with van der Waals surface area (Å²) >= 11 is 0. The molecule has 4 rings (SSSR count). The lowest BCUT2D eigenvalue weighted by Crippen LogP contribution is -2.20. The minimum atomic E-state index is -1.14. The molecule has 3 aromatic carbocycles. The summed E-state index contributed by atoms with van der Waals surface area (Å²) in [7, 11) is 4.39. The van der Waals surface area contributed by atoms with Gasteiger partial charge in [-0.15, -0.1) is 0 Å². The van der Waals surface area contributed by atoms with Crippen LogP contribution < -0.4 is 14.2 Å². The zero-order valence-corrected chi connectivity index (χ0v) is 18.5. The van der Waals surface area contributed by atoms with Crippen LogP contribution in [-0.2, 0) is 4.74 Å². The quantitative estimate of drug-likeness (QED) is 0.304. The summed E-state index contributed by atoms with van der Waals surface area (Å²) in [5.41, 5.74) is 1.99. The number of nitrogens with one attached hydrogen (secondary N) is 1. The highest BCUT2D eigenvalue weighted by Crippen LogP contribution is 2.39. The van der Waals surface area contributed by atoms with Gasteiger partial charge in [0.1, 0.15) is 0 Å². The van der Waals surface area contributed by atoms with Crippen molar-refractivity contribution in [2.45, 2.75) is 6.10 Å². The Morgan fingerprint density at radius 3 is 2.09 bits per heavy atom. The number of ketones is 1. The van der Waals surface area contributed by atoms with Gasteiger partial charge in [0.25, 0.3) is 0 Å². The third-order valence-electron chi connectivity index (χ3n) is 5.32. The highest BCUT2D eigenvalue weighted by molar-refractivity contribution is 6.11. The number of fused-ring (bicyclic) bond motifs is 1. The second-order valence-electron chi connectivity index (χ2n) is 7.22. The maximum Gasteiger partial charge on any atom is 0.339 e. The SMILES string of the molecule is COc1cc(C(=O)O[C@@H](C(=O)c2c[nH]c3ccccc23)c2ccccc2)cc(OC)c1OC. The Morgan fingerprint density at radius 1 is 0.818 bits per heavy atom. The molecule has 7 heteroatoms. The molecule has 0 radical (unpaired) electrons. The summed E-state index contributed by atoms with van der Waals surface area (Å²) in [6.07, 6.45) is 0.493. The van der Waals surface area contributed by atoms with Crippen molar-refractivity contribution < 1.29 is 28.5 Å². The number of rotatable bonds is 8. The fourth-order valence-electron chi connectivity index (χ4n) is 3.69. The average molecular weight is 445 g/mol. The van der Waals surface area contributed by atoms with E-state index in [4.69, 9.17) is 18.9 Å². The van der Waals surface area contributed by atoms with Gasteiger partial charge >= 0.3 is 5.97 Å². The summed E-state index contributed by atoms with van der Waals surface area (Å²) < 4.78 is 21.7. The number of benzene rings is 3. The molecule has 0 unspecified atom stereocenters. The summed E-state index contributed by atoms with van der Waals surface area (Å²) in [4.78, 5) is 29.8. The van der Waals surface area contributed by atoms with Crippen LogP contribution in [-0.4, -0.2) is 38.1 Å². The van der Waals surface area contributed by atoms with Crippen molar-refractivity contribution in [3.8, 4) is 17.2 Å². The highest BCUT2D eigenvalue weighted by Gasteiger charge is 2.29. The number of para-hydroxylation sites is 1. The van der Waals surface area contributed by atoms with Crippen molar-refractivity contribution in [3.05, 3.63) is 89.6 Å². The summed E-state index contributed by atoms with van der Waals surface area (Å²) in [6.45, 7) is 0. The third-order valence-corrected chi connectivity index (χ3v) is 5.32. The molecule has 0 aliphatic carbocycles. The Labute approximate surface area is 190 Å². The van der Waals surface area contributed by atoms with Crippen molar-refractivity contribution in [1.82, 2.24) is 4.98 Å². The van der Waals surface area contributed by atoms with E-state index in [1.54, 1.807) is 30.5 Å². The Balaban J connectivity index is 1.73. The van der Waals surface area contributed by atoms with Crippen molar-refractivity contribution in [2.24, 2.45) is 0 Å². The number of ether oxygens (including phenoxy) is 4. The van der Waals surface area contributed by atoms with E-state index < -0.39 is 12.1 Å². The lowest BCUT2D eigenvalue weighted by Gasteiger charge is -2.18. The first kappa shape index (κ1) is 22.0. The van der Waals surface area contributed by atoms with Crippen LogP contribution in [0.4, 0.5) is 0 Å². The highest BCUT2D eigenvalue weighted by atomic mass is 16.5. The molecular weight excluding hydrogens is 422 g/mol. The van der Waals surface area contributed by atoms with Crippen LogP contribution in [0.1, 0.15) is 32.4 Å². The average Bonchev–Trinajstić information content (AvgIpc) is 3.30. The molecule has 0 saturated carbocycles. The van der Waals surface area contributed by atoms with Gasteiger partial charge in [0.2, 0.25) is 11.5 Å². The molecular formula is C26H23NO6. The van der Waals surface area contributed by atoms with E-state index in [0.717, 1.165) is 10.9 Å². The lowest BCUT2D eigenvalue weighted by molar-refractivity contribution is 0.0280. The van der Waals surface area contributed by atoms with Crippen molar-refractivity contribution in [3.63, 3.8) is 0 Å². The number of carbonyl (C=O) groups is 2. The number of aromatic amines is 1. The van der Waals surface area contributed by atoms with Crippen LogP contribution in [0.3, 0.4) is 0 Å². The topological polar surface area (TPSA) is 86.9 Å². The fraction of sp³-hybridized carbons (Fsp3) is 0.154. The van der Waals surface area contributed by atoms with Crippen LogP contribution in [0.5, 0.6) is 17.2 Å². The van der Waals surface area contributed by atoms with Crippen molar-refractivity contribution in [2.75, 3.05) is 21.3 Å². The van der Waals surface area contributed by atoms with Crippen LogP contribution in [0.2, 0.25) is 0 Å². The first-order valence-electron chi connectivity index (χ1n) is 10.2.